The number of hydrogen-bond acceptors (Lipinski definition) is 2. The molecule has 0 bridgehead atoms. The largest absolute Gasteiger partial charge is 0.309 e. The van der Waals surface area contributed by atoms with Crippen LogP contribution in [0.25, 0.3) is 105 Å². The van der Waals surface area contributed by atoms with Gasteiger partial charge < -0.3 is 9.13 Å². The van der Waals surface area contributed by atoms with Gasteiger partial charge in [-0.3, -0.25) is 9.38 Å². The summed E-state index contributed by atoms with van der Waals surface area (Å²) in [5.41, 5.74) is 22.6. The Balaban J connectivity index is 0.818. The highest BCUT2D eigenvalue weighted by atomic mass is 15.0. The topological polar surface area (TPSA) is 40.1 Å². The maximum absolute atomic E-state index is 5.02. The van der Waals surface area contributed by atoms with Crippen LogP contribution in [0.1, 0.15) is 49.9 Å². The lowest BCUT2D eigenvalue weighted by molar-refractivity contribution is 0.652. The Kier molecular flexibility index (Phi) is 7.18. The molecule has 308 valence electrons. The maximum atomic E-state index is 5.02. The molecule has 12 aromatic rings. The summed E-state index contributed by atoms with van der Waals surface area (Å²) >= 11 is 0. The van der Waals surface area contributed by atoms with Crippen LogP contribution in [-0.4, -0.2) is 23.5 Å². The van der Waals surface area contributed by atoms with Crippen molar-refractivity contribution in [1.82, 2.24) is 23.5 Å². The van der Waals surface area contributed by atoms with E-state index >= 15 is 0 Å². The predicted octanol–water partition coefficient (Wildman–Crippen LogP) is 14.9. The molecule has 8 aromatic carbocycles. The summed E-state index contributed by atoms with van der Waals surface area (Å²) in [6.45, 7) is 9.58. The highest BCUT2D eigenvalue weighted by molar-refractivity contribution is 6.10. The molecule has 0 amide bonds. The molecule has 0 atom stereocenters. The minimum Gasteiger partial charge on any atom is -0.309 e. The van der Waals surface area contributed by atoms with Crippen molar-refractivity contribution in [2.45, 2.75) is 38.5 Å². The van der Waals surface area contributed by atoms with Gasteiger partial charge in [-0.05, 0) is 111 Å². The molecule has 5 nitrogen and oxygen atoms in total. The summed E-state index contributed by atoms with van der Waals surface area (Å²) in [7, 11) is 0. The van der Waals surface area contributed by atoms with Crippen molar-refractivity contribution >= 4 is 49.3 Å². The molecule has 14 rings (SSSR count). The molecule has 0 radical (unpaired) electrons. The molecule has 0 aliphatic heterocycles. The molecule has 4 aromatic heterocycles. The van der Waals surface area contributed by atoms with E-state index in [0.29, 0.717) is 0 Å². The van der Waals surface area contributed by atoms with E-state index < -0.39 is 0 Å². The third kappa shape index (κ3) is 4.87. The zero-order valence-electron chi connectivity index (χ0n) is 36.6. The first-order valence-corrected chi connectivity index (χ1v) is 22.6. The van der Waals surface area contributed by atoms with Gasteiger partial charge in [0.1, 0.15) is 5.69 Å². The molecule has 0 N–H and O–H groups in total. The molecule has 0 fully saturated rings. The fraction of sp³-hybridized carbons (Fsp3) is 0.100. The summed E-state index contributed by atoms with van der Waals surface area (Å²) in [4.78, 5) is 9.91. The monoisotopic (exact) mass is 833 g/mol. The predicted molar refractivity (Wildman–Crippen MR) is 268 cm³/mol. The first kappa shape index (κ1) is 36.5. The number of nitrogens with zero attached hydrogens (tertiary/aromatic N) is 5. The fourth-order valence-electron chi connectivity index (χ4n) is 11.8. The lowest BCUT2D eigenvalue weighted by atomic mass is 9.79. The van der Waals surface area contributed by atoms with E-state index in [1.54, 1.807) is 0 Å². The highest BCUT2D eigenvalue weighted by Gasteiger charge is 2.42. The van der Waals surface area contributed by atoms with Gasteiger partial charge in [-0.1, -0.05) is 131 Å². The average molecular weight is 834 g/mol. The van der Waals surface area contributed by atoms with Crippen molar-refractivity contribution in [1.29, 1.82) is 0 Å². The average Bonchev–Trinajstić information content (AvgIpc) is 4.12. The summed E-state index contributed by atoms with van der Waals surface area (Å²) in [6.07, 6.45) is 5.94. The molecule has 4 heterocycles. The minimum atomic E-state index is -0.198. The molecule has 65 heavy (non-hydrogen) atoms. The van der Waals surface area contributed by atoms with Crippen LogP contribution in [0.3, 0.4) is 0 Å². The second kappa shape index (κ2) is 12.8. The number of para-hydroxylation sites is 4. The Labute approximate surface area is 376 Å². The number of hydrogen-bond donors (Lipinski definition) is 0. The van der Waals surface area contributed by atoms with E-state index in [0.717, 1.165) is 33.8 Å². The smallest absolute Gasteiger partial charge is 0.163 e. The van der Waals surface area contributed by atoms with E-state index in [4.69, 9.17) is 9.97 Å². The zero-order valence-corrected chi connectivity index (χ0v) is 36.6. The van der Waals surface area contributed by atoms with E-state index in [1.165, 1.54) is 93.8 Å². The van der Waals surface area contributed by atoms with Gasteiger partial charge in [0.05, 0.1) is 34.0 Å². The zero-order chi connectivity index (χ0) is 43.3. The van der Waals surface area contributed by atoms with Crippen molar-refractivity contribution in [3.63, 3.8) is 0 Å². The number of rotatable bonds is 4. The molecule has 2 aliphatic rings. The van der Waals surface area contributed by atoms with Crippen LogP contribution in [-0.2, 0) is 10.8 Å². The van der Waals surface area contributed by atoms with E-state index in [1.807, 2.05) is 18.6 Å². The van der Waals surface area contributed by atoms with Crippen molar-refractivity contribution in [2.75, 3.05) is 0 Å². The molecule has 0 spiro atoms. The molecule has 2 aliphatic carbocycles. The van der Waals surface area contributed by atoms with Crippen LogP contribution >= 0.6 is 0 Å². The Morgan fingerprint density at radius 1 is 0.400 bits per heavy atom. The van der Waals surface area contributed by atoms with Gasteiger partial charge in [-0.15, -0.1) is 0 Å². The fourth-order valence-corrected chi connectivity index (χ4v) is 11.8. The molecular formula is C60H43N5. The van der Waals surface area contributed by atoms with Crippen LogP contribution in [0.5, 0.6) is 0 Å². The lowest BCUT2D eigenvalue weighted by Crippen LogP contribution is -2.17. The first-order chi connectivity index (χ1) is 31.8. The number of aromatic nitrogens is 5. The van der Waals surface area contributed by atoms with Crippen molar-refractivity contribution < 1.29 is 0 Å². The van der Waals surface area contributed by atoms with Gasteiger partial charge in [0.25, 0.3) is 0 Å². The molecule has 0 saturated heterocycles. The summed E-state index contributed by atoms with van der Waals surface area (Å²) in [5.74, 6) is 0. The number of imidazole rings is 1. The first-order valence-electron chi connectivity index (χ1n) is 22.6. The Hall–Kier alpha value is -8.02. The van der Waals surface area contributed by atoms with Crippen molar-refractivity contribution in [2.24, 2.45) is 0 Å². The minimum absolute atomic E-state index is 0.172. The number of benzene rings is 8. The summed E-state index contributed by atoms with van der Waals surface area (Å²) in [6, 6.07) is 62.7. The highest BCUT2D eigenvalue weighted by Crippen LogP contribution is 2.57. The van der Waals surface area contributed by atoms with E-state index in [2.05, 4.69) is 211 Å². The molecule has 5 heteroatoms. The second-order valence-corrected chi connectivity index (χ2v) is 19.1. The summed E-state index contributed by atoms with van der Waals surface area (Å²) < 4.78 is 6.98. The third-order valence-corrected chi connectivity index (χ3v) is 15.0. The molecular weight excluding hydrogens is 791 g/mol. The Morgan fingerprint density at radius 2 is 0.846 bits per heavy atom. The third-order valence-electron chi connectivity index (χ3n) is 15.0. The van der Waals surface area contributed by atoms with Crippen molar-refractivity contribution in [3.05, 3.63) is 211 Å². The SMILES string of the molecule is CC1(C)c2cc(-c3cnc4c(-c5ccc(-n6c7ccccc7c7ccccc76)cc5)nccn34)ccc2-c2cc3c(cc21)-c1ccc(-n2c4ccccc4c4ccccc42)cc1C3(C)C. The standard InChI is InChI=1S/C60H43N5/c1-59(2)48-31-37(56-35-62-58-57(61-29-30-63(56)58)36-21-24-38(25-22-36)64-52-17-9-5-13-42(52)43-14-6-10-18-53(43)64)23-27-40(48)46-33-51-47(34-50(46)59)41-28-26-39(32-49(41)60(51,3)4)65-54-19-11-7-15-44(54)45-16-8-12-20-55(45)65/h5-35H,1-4H3. The van der Waals surface area contributed by atoms with Gasteiger partial charge in [0.2, 0.25) is 0 Å². The second-order valence-electron chi connectivity index (χ2n) is 19.1. The van der Waals surface area contributed by atoms with Crippen molar-refractivity contribution in [3.8, 4) is 56.1 Å². The van der Waals surface area contributed by atoms with Gasteiger partial charge >= 0.3 is 0 Å². The summed E-state index contributed by atoms with van der Waals surface area (Å²) in [5, 5.41) is 5.08. The van der Waals surface area contributed by atoms with E-state index in [-0.39, 0.29) is 10.8 Å². The van der Waals surface area contributed by atoms with Crippen LogP contribution < -0.4 is 0 Å². The quantitative estimate of drug-likeness (QED) is 0.177. The van der Waals surface area contributed by atoms with Gasteiger partial charge in [-0.25, -0.2) is 4.98 Å². The van der Waals surface area contributed by atoms with Crippen LogP contribution in [0.4, 0.5) is 0 Å². The van der Waals surface area contributed by atoms with Gasteiger partial charge in [0, 0.05) is 67.3 Å². The normalized spacial score (nSPS) is 14.4. The maximum Gasteiger partial charge on any atom is 0.163 e. The van der Waals surface area contributed by atoms with Gasteiger partial charge in [0.15, 0.2) is 5.65 Å². The van der Waals surface area contributed by atoms with Crippen LogP contribution in [0, 0.1) is 0 Å². The lowest BCUT2D eigenvalue weighted by Gasteiger charge is -2.24. The van der Waals surface area contributed by atoms with Gasteiger partial charge in [-0.2, -0.15) is 0 Å². The number of fused-ring (bicyclic) bond motifs is 13. The van der Waals surface area contributed by atoms with Crippen LogP contribution in [0.2, 0.25) is 0 Å². The Bertz CT molecular complexity index is 3900. The van der Waals surface area contributed by atoms with Crippen LogP contribution in [0.15, 0.2) is 188 Å². The van der Waals surface area contributed by atoms with E-state index in [9.17, 15) is 0 Å². The molecule has 0 saturated carbocycles. The Morgan fingerprint density at radius 3 is 1.40 bits per heavy atom. The molecule has 0 unspecified atom stereocenters.